The van der Waals surface area contributed by atoms with Gasteiger partial charge in [-0.3, -0.25) is 0 Å². The summed E-state index contributed by atoms with van der Waals surface area (Å²) in [6.45, 7) is 9.77. The van der Waals surface area contributed by atoms with Crippen molar-refractivity contribution in [3.05, 3.63) is 28.8 Å². The third-order valence-electron chi connectivity index (χ3n) is 2.72. The molecule has 0 heterocycles. The van der Waals surface area contributed by atoms with Crippen LogP contribution in [0.4, 0.5) is 5.69 Å². The van der Waals surface area contributed by atoms with Gasteiger partial charge in [-0.2, -0.15) is 0 Å². The monoisotopic (exact) mass is 255 g/mol. The zero-order valence-electron chi connectivity index (χ0n) is 11.1. The molecule has 3 heteroatoms. The minimum absolute atomic E-state index is 0.00896. The molecule has 0 saturated carbocycles. The van der Waals surface area contributed by atoms with Gasteiger partial charge in [0.1, 0.15) is 0 Å². The van der Waals surface area contributed by atoms with Crippen molar-refractivity contribution < 1.29 is 5.11 Å². The number of rotatable bonds is 5. The molecule has 0 aliphatic rings. The van der Waals surface area contributed by atoms with E-state index >= 15 is 0 Å². The van der Waals surface area contributed by atoms with E-state index in [0.717, 1.165) is 17.8 Å². The minimum Gasteiger partial charge on any atom is -0.392 e. The summed E-state index contributed by atoms with van der Waals surface area (Å²) in [5, 5.41) is 9.74. The fourth-order valence-corrected chi connectivity index (χ4v) is 2.09. The second-order valence-electron chi connectivity index (χ2n) is 5.07. The van der Waals surface area contributed by atoms with Crippen molar-refractivity contribution in [2.24, 2.45) is 5.92 Å². The lowest BCUT2D eigenvalue weighted by Crippen LogP contribution is -2.34. The first-order valence-corrected chi connectivity index (χ1v) is 6.49. The van der Waals surface area contributed by atoms with Gasteiger partial charge in [0.25, 0.3) is 0 Å². The molecule has 0 fully saturated rings. The Morgan fingerprint density at radius 1 is 1.24 bits per heavy atom. The third-order valence-corrected chi connectivity index (χ3v) is 3.08. The number of hydrogen-bond acceptors (Lipinski definition) is 2. The summed E-state index contributed by atoms with van der Waals surface area (Å²) in [6.07, 6.45) is 0. The van der Waals surface area contributed by atoms with Crippen LogP contribution < -0.4 is 4.90 Å². The van der Waals surface area contributed by atoms with Crippen LogP contribution in [-0.4, -0.2) is 17.7 Å². The molecule has 1 N–H and O–H groups in total. The lowest BCUT2D eigenvalue weighted by molar-refractivity contribution is 0.282. The van der Waals surface area contributed by atoms with Crippen LogP contribution in [0, 0.1) is 5.92 Å². The summed E-state index contributed by atoms with van der Waals surface area (Å²) >= 11 is 6.13. The van der Waals surface area contributed by atoms with Gasteiger partial charge in [-0.1, -0.05) is 31.5 Å². The number of hydrogen-bond donors (Lipinski definition) is 1. The topological polar surface area (TPSA) is 23.5 Å². The van der Waals surface area contributed by atoms with E-state index < -0.39 is 0 Å². The molecule has 0 saturated heterocycles. The van der Waals surface area contributed by atoms with Crippen molar-refractivity contribution in [1.82, 2.24) is 0 Å². The Morgan fingerprint density at radius 3 is 2.29 bits per heavy atom. The maximum absolute atomic E-state index is 9.10. The zero-order chi connectivity index (χ0) is 13.0. The van der Waals surface area contributed by atoms with Crippen LogP contribution in [0.2, 0.25) is 5.02 Å². The van der Waals surface area contributed by atoms with Crippen LogP contribution in [-0.2, 0) is 6.61 Å². The van der Waals surface area contributed by atoms with Crippen molar-refractivity contribution in [3.63, 3.8) is 0 Å². The fraction of sp³-hybridized carbons (Fsp3) is 0.571. The van der Waals surface area contributed by atoms with E-state index in [1.807, 2.05) is 18.2 Å². The predicted octanol–water partition coefficient (Wildman–Crippen LogP) is 3.70. The van der Waals surface area contributed by atoms with Crippen molar-refractivity contribution in [2.75, 3.05) is 11.4 Å². The van der Waals surface area contributed by atoms with Gasteiger partial charge in [-0.15, -0.1) is 0 Å². The van der Waals surface area contributed by atoms with Crippen LogP contribution in [0.3, 0.4) is 0 Å². The normalized spacial score (nSPS) is 11.3. The van der Waals surface area contributed by atoms with Crippen molar-refractivity contribution in [3.8, 4) is 0 Å². The van der Waals surface area contributed by atoms with Gasteiger partial charge in [-0.25, -0.2) is 0 Å². The van der Waals surface area contributed by atoms with E-state index in [-0.39, 0.29) is 6.61 Å². The first-order valence-electron chi connectivity index (χ1n) is 6.11. The van der Waals surface area contributed by atoms with E-state index in [0.29, 0.717) is 17.0 Å². The molecule has 0 atom stereocenters. The molecule has 0 radical (unpaired) electrons. The molecule has 0 aliphatic heterocycles. The number of aliphatic hydroxyl groups is 1. The third kappa shape index (κ3) is 3.90. The maximum Gasteiger partial charge on any atom is 0.0696 e. The number of anilines is 1. The highest BCUT2D eigenvalue weighted by atomic mass is 35.5. The SMILES string of the molecule is CC(C)CN(c1ccc(CO)c(Cl)c1)C(C)C. The van der Waals surface area contributed by atoms with Crippen molar-refractivity contribution >= 4 is 17.3 Å². The summed E-state index contributed by atoms with van der Waals surface area (Å²) in [5.74, 6) is 0.605. The zero-order valence-corrected chi connectivity index (χ0v) is 11.8. The molecular formula is C14H22ClNO. The van der Waals surface area contributed by atoms with Crippen molar-refractivity contribution in [1.29, 1.82) is 0 Å². The summed E-state index contributed by atoms with van der Waals surface area (Å²) in [6, 6.07) is 6.30. The van der Waals surface area contributed by atoms with E-state index in [1.54, 1.807) is 0 Å². The van der Waals surface area contributed by atoms with Crippen molar-refractivity contribution in [2.45, 2.75) is 40.3 Å². The smallest absolute Gasteiger partial charge is 0.0696 e. The lowest BCUT2D eigenvalue weighted by Gasteiger charge is -2.31. The molecule has 1 aromatic carbocycles. The summed E-state index contributed by atoms with van der Waals surface area (Å²) in [4.78, 5) is 2.33. The lowest BCUT2D eigenvalue weighted by atomic mass is 10.1. The van der Waals surface area contributed by atoms with Gasteiger partial charge in [0.2, 0.25) is 0 Å². The summed E-state index contributed by atoms with van der Waals surface area (Å²) < 4.78 is 0. The average molecular weight is 256 g/mol. The largest absolute Gasteiger partial charge is 0.392 e. The molecular weight excluding hydrogens is 234 g/mol. The Kier molecular flexibility index (Phi) is 5.29. The van der Waals surface area contributed by atoms with Gasteiger partial charge in [0, 0.05) is 23.3 Å². The summed E-state index contributed by atoms with van der Waals surface area (Å²) in [7, 11) is 0. The van der Waals surface area contributed by atoms with Crippen LogP contribution >= 0.6 is 11.6 Å². The highest BCUT2D eigenvalue weighted by Gasteiger charge is 2.13. The molecule has 0 spiro atoms. The quantitative estimate of drug-likeness (QED) is 0.867. The first kappa shape index (κ1) is 14.3. The molecule has 0 bridgehead atoms. The van der Waals surface area contributed by atoms with Gasteiger partial charge in [0.15, 0.2) is 0 Å². The molecule has 17 heavy (non-hydrogen) atoms. The van der Waals surface area contributed by atoms with Gasteiger partial charge in [-0.05, 0) is 37.5 Å². The molecule has 0 aliphatic carbocycles. The molecule has 2 nitrogen and oxygen atoms in total. The minimum atomic E-state index is -0.00896. The molecule has 0 unspecified atom stereocenters. The maximum atomic E-state index is 9.10. The van der Waals surface area contributed by atoms with E-state index in [2.05, 4.69) is 32.6 Å². The van der Waals surface area contributed by atoms with Crippen LogP contribution in [0.1, 0.15) is 33.3 Å². The highest BCUT2D eigenvalue weighted by Crippen LogP contribution is 2.25. The Morgan fingerprint density at radius 2 is 1.88 bits per heavy atom. The Bertz CT molecular complexity index is 363. The average Bonchev–Trinajstić information content (AvgIpc) is 2.25. The Balaban J connectivity index is 2.98. The Labute approximate surface area is 109 Å². The van der Waals surface area contributed by atoms with Crippen LogP contribution in [0.5, 0.6) is 0 Å². The van der Waals surface area contributed by atoms with Crippen LogP contribution in [0.15, 0.2) is 18.2 Å². The molecule has 0 aromatic heterocycles. The number of benzene rings is 1. The Hall–Kier alpha value is -0.730. The highest BCUT2D eigenvalue weighted by molar-refractivity contribution is 6.31. The second kappa shape index (κ2) is 6.27. The standard InChI is InChI=1S/C14H22ClNO/c1-10(2)8-16(11(3)4)13-6-5-12(9-17)14(15)7-13/h5-7,10-11,17H,8-9H2,1-4H3. The molecule has 1 rings (SSSR count). The second-order valence-corrected chi connectivity index (χ2v) is 5.48. The first-order chi connectivity index (χ1) is 7.95. The molecule has 96 valence electrons. The fourth-order valence-electron chi connectivity index (χ4n) is 1.85. The van der Waals surface area contributed by atoms with Crippen LogP contribution in [0.25, 0.3) is 0 Å². The van der Waals surface area contributed by atoms with E-state index in [9.17, 15) is 0 Å². The number of aliphatic hydroxyl groups excluding tert-OH is 1. The number of halogens is 1. The number of nitrogens with zero attached hydrogens (tertiary/aromatic N) is 1. The van der Waals surface area contributed by atoms with Gasteiger partial charge < -0.3 is 10.0 Å². The molecule has 0 amide bonds. The van der Waals surface area contributed by atoms with Gasteiger partial charge >= 0.3 is 0 Å². The van der Waals surface area contributed by atoms with E-state index in [1.165, 1.54) is 0 Å². The predicted molar refractivity (Wildman–Crippen MR) is 74.7 cm³/mol. The van der Waals surface area contributed by atoms with E-state index in [4.69, 9.17) is 16.7 Å². The van der Waals surface area contributed by atoms with Gasteiger partial charge in [0.05, 0.1) is 6.61 Å². The molecule has 1 aromatic rings. The summed E-state index contributed by atoms with van der Waals surface area (Å²) in [5.41, 5.74) is 1.90.